The highest BCUT2D eigenvalue weighted by Crippen LogP contribution is 2.23. The molecule has 0 bridgehead atoms. The summed E-state index contributed by atoms with van der Waals surface area (Å²) in [6, 6.07) is 15.4. The van der Waals surface area contributed by atoms with Crippen LogP contribution in [-0.4, -0.2) is 32.6 Å². The lowest BCUT2D eigenvalue weighted by Gasteiger charge is -2.22. The Labute approximate surface area is 160 Å². The van der Waals surface area contributed by atoms with Gasteiger partial charge in [-0.1, -0.05) is 48.2 Å². The third kappa shape index (κ3) is 3.59. The number of amides is 2. The second-order valence-corrected chi connectivity index (χ2v) is 7.24. The number of hydrogen-bond acceptors (Lipinski definition) is 4. The fourth-order valence-electron chi connectivity index (χ4n) is 2.95. The van der Waals surface area contributed by atoms with Crippen LogP contribution in [0.3, 0.4) is 0 Å². The van der Waals surface area contributed by atoms with Crippen molar-refractivity contribution in [2.24, 2.45) is 5.10 Å². The van der Waals surface area contributed by atoms with Gasteiger partial charge in [0.2, 0.25) is 0 Å². The minimum atomic E-state index is -0.300. The van der Waals surface area contributed by atoms with E-state index in [2.05, 4.69) is 15.4 Å². The van der Waals surface area contributed by atoms with Gasteiger partial charge in [0.05, 0.1) is 12.3 Å². The van der Waals surface area contributed by atoms with E-state index < -0.39 is 0 Å². The molecule has 136 valence electrons. The van der Waals surface area contributed by atoms with Gasteiger partial charge in [0.15, 0.2) is 5.04 Å². The monoisotopic (exact) mass is 378 g/mol. The fraction of sp³-hybridized carbons (Fsp3) is 0.150. The van der Waals surface area contributed by atoms with Gasteiger partial charge in [-0.15, -0.1) is 0 Å². The number of carbonyl (C=O) groups excluding carboxylic acids is 2. The van der Waals surface area contributed by atoms with Crippen molar-refractivity contribution in [3.8, 4) is 0 Å². The first kappa shape index (κ1) is 17.4. The molecule has 2 amide bonds. The molecule has 4 rings (SSSR count). The molecule has 0 atom stereocenters. The van der Waals surface area contributed by atoms with Crippen LogP contribution in [0.2, 0.25) is 0 Å². The van der Waals surface area contributed by atoms with Crippen molar-refractivity contribution in [2.45, 2.75) is 13.5 Å². The number of para-hydroxylation sites is 2. The van der Waals surface area contributed by atoms with E-state index >= 15 is 0 Å². The molecule has 6 nitrogen and oxygen atoms in total. The Morgan fingerprint density at radius 3 is 2.85 bits per heavy atom. The van der Waals surface area contributed by atoms with E-state index in [4.69, 9.17) is 0 Å². The number of nitrogens with one attached hydrogen (secondary N) is 2. The van der Waals surface area contributed by atoms with Crippen LogP contribution in [0.15, 0.2) is 59.8 Å². The van der Waals surface area contributed by atoms with Gasteiger partial charge >= 0.3 is 0 Å². The summed E-state index contributed by atoms with van der Waals surface area (Å²) in [5.74, 6) is -0.217. The summed E-state index contributed by atoms with van der Waals surface area (Å²) in [7, 11) is 0. The largest absolute Gasteiger partial charge is 0.361 e. The first-order valence-corrected chi connectivity index (χ1v) is 9.54. The Bertz CT molecular complexity index is 1060. The van der Waals surface area contributed by atoms with Crippen LogP contribution in [0.1, 0.15) is 11.1 Å². The fourth-order valence-corrected chi connectivity index (χ4v) is 3.69. The predicted octanol–water partition coefficient (Wildman–Crippen LogP) is 3.50. The molecule has 0 saturated heterocycles. The molecular formula is C20H18N4O2S. The summed E-state index contributed by atoms with van der Waals surface area (Å²) in [6.07, 6.45) is 1.88. The molecule has 3 aromatic rings. The summed E-state index contributed by atoms with van der Waals surface area (Å²) < 4.78 is 0. The second kappa shape index (κ2) is 7.28. The van der Waals surface area contributed by atoms with Crippen LogP contribution in [0.5, 0.6) is 0 Å². The molecular weight excluding hydrogens is 360 g/mol. The summed E-state index contributed by atoms with van der Waals surface area (Å²) in [6.45, 7) is 2.25. The first-order chi connectivity index (χ1) is 13.1. The number of H-pyrrole nitrogens is 1. The maximum Gasteiger partial charge on any atom is 0.282 e. The molecule has 0 fully saturated rings. The quantitative estimate of drug-likeness (QED) is 0.729. The van der Waals surface area contributed by atoms with Gasteiger partial charge in [-0.05, 0) is 30.2 Å². The number of hydrazone groups is 1. The Hall–Kier alpha value is -3.06. The van der Waals surface area contributed by atoms with Gasteiger partial charge in [0.1, 0.15) is 0 Å². The van der Waals surface area contributed by atoms with Gasteiger partial charge in [-0.2, -0.15) is 5.10 Å². The molecule has 1 aliphatic heterocycles. The minimum Gasteiger partial charge on any atom is -0.361 e. The number of aromatic amines is 1. The van der Waals surface area contributed by atoms with E-state index in [1.165, 1.54) is 5.01 Å². The summed E-state index contributed by atoms with van der Waals surface area (Å²) in [5.41, 5.74) is 3.69. The molecule has 2 heterocycles. The third-order valence-corrected chi connectivity index (χ3v) is 5.35. The number of aryl methyl sites for hydroxylation is 1. The van der Waals surface area contributed by atoms with Crippen molar-refractivity contribution in [3.05, 3.63) is 65.9 Å². The Balaban J connectivity index is 1.55. The molecule has 2 aromatic carbocycles. The third-order valence-electron chi connectivity index (χ3n) is 4.41. The summed E-state index contributed by atoms with van der Waals surface area (Å²) in [4.78, 5) is 28.1. The molecule has 0 saturated carbocycles. The molecule has 1 aromatic heterocycles. The van der Waals surface area contributed by atoms with Crippen molar-refractivity contribution in [2.75, 3.05) is 11.1 Å². The molecule has 0 radical (unpaired) electrons. The highest BCUT2D eigenvalue weighted by Gasteiger charge is 2.26. The SMILES string of the molecule is Cc1ccccc1NC(=O)C1=NN(Cc2c[nH]c3ccccc23)C(=O)CS1. The van der Waals surface area contributed by atoms with Crippen LogP contribution >= 0.6 is 11.8 Å². The standard InChI is InChI=1S/C20H18N4O2S/c1-13-6-2-4-8-16(13)22-19(26)20-23-24(18(25)12-27-20)11-14-10-21-17-9-5-3-7-15(14)17/h2-10,21H,11-12H2,1H3,(H,22,26). The van der Waals surface area contributed by atoms with Crippen molar-refractivity contribution >= 4 is 45.2 Å². The predicted molar refractivity (Wildman–Crippen MR) is 109 cm³/mol. The minimum absolute atomic E-state index is 0.113. The molecule has 7 heteroatoms. The average molecular weight is 378 g/mol. The number of aromatic nitrogens is 1. The molecule has 0 aliphatic carbocycles. The van der Waals surface area contributed by atoms with Crippen LogP contribution in [0.25, 0.3) is 10.9 Å². The van der Waals surface area contributed by atoms with Crippen LogP contribution in [0.4, 0.5) is 5.69 Å². The van der Waals surface area contributed by atoms with E-state index in [0.717, 1.165) is 39.5 Å². The molecule has 2 N–H and O–H groups in total. The number of thioether (sulfide) groups is 1. The lowest BCUT2D eigenvalue weighted by Crippen LogP contribution is -2.35. The maximum absolute atomic E-state index is 12.6. The Morgan fingerprint density at radius 2 is 2.00 bits per heavy atom. The van der Waals surface area contributed by atoms with Crippen LogP contribution in [-0.2, 0) is 16.1 Å². The summed E-state index contributed by atoms with van der Waals surface area (Å²) in [5, 5.41) is 9.89. The number of hydrogen-bond donors (Lipinski definition) is 2. The van der Waals surface area contributed by atoms with Gasteiger partial charge in [0, 0.05) is 22.8 Å². The number of fused-ring (bicyclic) bond motifs is 1. The van der Waals surface area contributed by atoms with Crippen LogP contribution < -0.4 is 5.32 Å². The summed E-state index contributed by atoms with van der Waals surface area (Å²) >= 11 is 1.16. The zero-order valence-electron chi connectivity index (χ0n) is 14.7. The second-order valence-electron chi connectivity index (χ2n) is 6.27. The normalized spacial score (nSPS) is 14.3. The number of rotatable bonds is 4. The zero-order chi connectivity index (χ0) is 18.8. The number of carbonyl (C=O) groups is 2. The first-order valence-electron chi connectivity index (χ1n) is 8.55. The lowest BCUT2D eigenvalue weighted by molar-refractivity contribution is -0.129. The number of benzene rings is 2. The lowest BCUT2D eigenvalue weighted by atomic mass is 10.2. The number of anilines is 1. The van der Waals surface area contributed by atoms with E-state index in [-0.39, 0.29) is 22.6 Å². The van der Waals surface area contributed by atoms with Crippen LogP contribution in [0, 0.1) is 6.92 Å². The highest BCUT2D eigenvalue weighted by molar-refractivity contribution is 8.16. The van der Waals surface area contributed by atoms with Crippen molar-refractivity contribution < 1.29 is 9.59 Å². The van der Waals surface area contributed by atoms with E-state index in [1.54, 1.807) is 0 Å². The van der Waals surface area contributed by atoms with Gasteiger partial charge in [-0.3, -0.25) is 9.59 Å². The van der Waals surface area contributed by atoms with Crippen molar-refractivity contribution in [1.82, 2.24) is 9.99 Å². The number of nitrogens with zero attached hydrogens (tertiary/aromatic N) is 2. The van der Waals surface area contributed by atoms with Gasteiger partial charge in [0.25, 0.3) is 11.8 Å². The molecule has 0 spiro atoms. The topological polar surface area (TPSA) is 77.6 Å². The Kier molecular flexibility index (Phi) is 4.68. The van der Waals surface area contributed by atoms with E-state index in [0.29, 0.717) is 6.54 Å². The van der Waals surface area contributed by atoms with Gasteiger partial charge in [-0.25, -0.2) is 5.01 Å². The van der Waals surface area contributed by atoms with Crippen molar-refractivity contribution in [3.63, 3.8) is 0 Å². The Morgan fingerprint density at radius 1 is 1.22 bits per heavy atom. The average Bonchev–Trinajstić information content (AvgIpc) is 3.08. The van der Waals surface area contributed by atoms with E-state index in [1.807, 2.05) is 61.7 Å². The zero-order valence-corrected chi connectivity index (χ0v) is 15.5. The molecule has 1 aliphatic rings. The van der Waals surface area contributed by atoms with Gasteiger partial charge < -0.3 is 10.3 Å². The highest BCUT2D eigenvalue weighted by atomic mass is 32.2. The molecule has 0 unspecified atom stereocenters. The molecule has 27 heavy (non-hydrogen) atoms. The maximum atomic E-state index is 12.6. The smallest absolute Gasteiger partial charge is 0.282 e. The van der Waals surface area contributed by atoms with Crippen molar-refractivity contribution in [1.29, 1.82) is 0 Å². The van der Waals surface area contributed by atoms with E-state index in [9.17, 15) is 9.59 Å².